The van der Waals surface area contributed by atoms with Crippen LogP contribution in [0.15, 0.2) is 48.7 Å². The summed E-state index contributed by atoms with van der Waals surface area (Å²) in [5.74, 6) is 0.107. The quantitative estimate of drug-likeness (QED) is 0.409. The zero-order valence-corrected chi connectivity index (χ0v) is 20.1. The summed E-state index contributed by atoms with van der Waals surface area (Å²) in [4.78, 5) is 9.03. The molecule has 0 aliphatic rings. The van der Waals surface area contributed by atoms with E-state index in [0.29, 0.717) is 27.6 Å². The van der Waals surface area contributed by atoms with Crippen LogP contribution in [-0.2, 0) is 0 Å². The number of anilines is 2. The molecule has 2 aromatic carbocycles. The predicted octanol–water partition coefficient (Wildman–Crippen LogP) is 5.13. The standard InChI is InChI=1S/C25H28ClFN6/c1-16-23(17-7-5-8-18(26)13-17)24(28)33-25(30-16)21(15-29-33)20-14-19(9-10-22(20)27)32(4)12-6-11-31(2)3/h5,7-10,13-15H,6,11-12,28H2,1-4H3. The van der Waals surface area contributed by atoms with E-state index in [4.69, 9.17) is 22.3 Å². The average Bonchev–Trinajstić information content (AvgIpc) is 3.17. The number of nitrogen functional groups attached to an aromatic ring is 1. The van der Waals surface area contributed by atoms with Crippen molar-refractivity contribution in [1.29, 1.82) is 0 Å². The molecule has 8 heteroatoms. The molecule has 172 valence electrons. The summed E-state index contributed by atoms with van der Waals surface area (Å²) < 4.78 is 16.5. The summed E-state index contributed by atoms with van der Waals surface area (Å²) in [6.45, 7) is 3.74. The Bertz CT molecular complexity index is 1300. The highest BCUT2D eigenvalue weighted by molar-refractivity contribution is 6.30. The summed E-state index contributed by atoms with van der Waals surface area (Å²) in [5, 5.41) is 5.05. The summed E-state index contributed by atoms with van der Waals surface area (Å²) >= 11 is 6.17. The number of halogens is 2. The molecule has 33 heavy (non-hydrogen) atoms. The van der Waals surface area contributed by atoms with Gasteiger partial charge >= 0.3 is 0 Å². The number of hydrogen-bond acceptors (Lipinski definition) is 5. The molecule has 0 unspecified atom stereocenters. The van der Waals surface area contributed by atoms with Crippen LogP contribution in [-0.4, -0.2) is 53.7 Å². The minimum Gasteiger partial charge on any atom is -0.383 e. The number of hydrogen-bond donors (Lipinski definition) is 1. The maximum Gasteiger partial charge on any atom is 0.165 e. The molecule has 0 saturated heterocycles. The van der Waals surface area contributed by atoms with E-state index in [0.717, 1.165) is 42.0 Å². The largest absolute Gasteiger partial charge is 0.383 e. The number of benzene rings is 2. The molecule has 6 nitrogen and oxygen atoms in total. The van der Waals surface area contributed by atoms with E-state index in [1.165, 1.54) is 6.07 Å². The Morgan fingerprint density at radius 2 is 1.85 bits per heavy atom. The number of nitrogens with zero attached hydrogens (tertiary/aromatic N) is 5. The molecule has 0 aliphatic carbocycles. The zero-order valence-electron chi connectivity index (χ0n) is 19.3. The van der Waals surface area contributed by atoms with Crippen molar-refractivity contribution in [1.82, 2.24) is 19.5 Å². The third-order valence-corrected chi connectivity index (χ3v) is 5.99. The van der Waals surface area contributed by atoms with Gasteiger partial charge in [0, 0.05) is 41.0 Å². The van der Waals surface area contributed by atoms with Crippen molar-refractivity contribution in [2.24, 2.45) is 0 Å². The fourth-order valence-electron chi connectivity index (χ4n) is 4.03. The highest BCUT2D eigenvalue weighted by atomic mass is 35.5. The molecule has 2 heterocycles. The minimum atomic E-state index is -0.327. The number of fused-ring (bicyclic) bond motifs is 1. The third kappa shape index (κ3) is 4.65. The van der Waals surface area contributed by atoms with Crippen LogP contribution in [0, 0.1) is 12.7 Å². The van der Waals surface area contributed by atoms with Gasteiger partial charge in [0.1, 0.15) is 11.6 Å². The van der Waals surface area contributed by atoms with Crippen LogP contribution >= 0.6 is 11.6 Å². The van der Waals surface area contributed by atoms with Crippen molar-refractivity contribution in [2.45, 2.75) is 13.3 Å². The Labute approximate surface area is 198 Å². The highest BCUT2D eigenvalue weighted by Crippen LogP contribution is 2.35. The Morgan fingerprint density at radius 3 is 2.58 bits per heavy atom. The molecule has 0 radical (unpaired) electrons. The van der Waals surface area contributed by atoms with Gasteiger partial charge in [-0.2, -0.15) is 9.61 Å². The monoisotopic (exact) mass is 466 g/mol. The van der Waals surface area contributed by atoms with Gasteiger partial charge < -0.3 is 15.5 Å². The molecule has 0 saturated carbocycles. The second-order valence-corrected chi connectivity index (χ2v) is 8.94. The van der Waals surface area contributed by atoms with E-state index in [1.807, 2.05) is 44.3 Å². The van der Waals surface area contributed by atoms with Gasteiger partial charge in [0.15, 0.2) is 5.65 Å². The van der Waals surface area contributed by atoms with Gasteiger partial charge in [-0.05, 0) is 69.9 Å². The molecule has 4 aromatic rings. The third-order valence-electron chi connectivity index (χ3n) is 5.76. The first-order chi connectivity index (χ1) is 15.8. The Morgan fingerprint density at radius 1 is 1.06 bits per heavy atom. The molecular formula is C25H28ClFN6. The first-order valence-electron chi connectivity index (χ1n) is 10.8. The van der Waals surface area contributed by atoms with Crippen molar-refractivity contribution in [2.75, 3.05) is 44.9 Å². The smallest absolute Gasteiger partial charge is 0.165 e. The van der Waals surface area contributed by atoms with E-state index >= 15 is 0 Å². The first-order valence-corrected chi connectivity index (χ1v) is 11.2. The first kappa shape index (κ1) is 23.0. The van der Waals surface area contributed by atoms with Crippen LogP contribution in [0.25, 0.3) is 27.9 Å². The Balaban J connectivity index is 1.75. The lowest BCUT2D eigenvalue weighted by atomic mass is 10.0. The van der Waals surface area contributed by atoms with Crippen molar-refractivity contribution in [3.8, 4) is 22.3 Å². The van der Waals surface area contributed by atoms with E-state index in [9.17, 15) is 4.39 Å². The normalized spacial score (nSPS) is 11.5. The average molecular weight is 467 g/mol. The minimum absolute atomic E-state index is 0.327. The molecule has 0 spiro atoms. The lowest BCUT2D eigenvalue weighted by Gasteiger charge is -2.21. The number of aryl methyl sites for hydroxylation is 1. The van der Waals surface area contributed by atoms with Crippen LogP contribution in [0.3, 0.4) is 0 Å². The molecule has 2 N–H and O–H groups in total. The lowest BCUT2D eigenvalue weighted by Crippen LogP contribution is -2.23. The summed E-state index contributed by atoms with van der Waals surface area (Å²) in [5.41, 5.74) is 11.3. The van der Waals surface area contributed by atoms with Crippen molar-refractivity contribution >= 4 is 28.8 Å². The molecule has 0 atom stereocenters. The Hall–Kier alpha value is -3.16. The van der Waals surface area contributed by atoms with Crippen LogP contribution in [0.1, 0.15) is 12.1 Å². The molecule has 0 fully saturated rings. The van der Waals surface area contributed by atoms with Crippen molar-refractivity contribution in [3.05, 3.63) is 65.2 Å². The lowest BCUT2D eigenvalue weighted by molar-refractivity contribution is 0.401. The van der Waals surface area contributed by atoms with Gasteiger partial charge in [0.25, 0.3) is 0 Å². The maximum atomic E-state index is 14.9. The van der Waals surface area contributed by atoms with E-state index in [1.54, 1.807) is 16.8 Å². The van der Waals surface area contributed by atoms with Crippen molar-refractivity contribution < 1.29 is 4.39 Å². The van der Waals surface area contributed by atoms with Gasteiger partial charge in [-0.15, -0.1) is 0 Å². The summed E-state index contributed by atoms with van der Waals surface area (Å²) in [7, 11) is 6.12. The zero-order chi connectivity index (χ0) is 23.7. The maximum absolute atomic E-state index is 14.9. The van der Waals surface area contributed by atoms with Gasteiger partial charge in [-0.3, -0.25) is 0 Å². The summed E-state index contributed by atoms with van der Waals surface area (Å²) in [6, 6.07) is 12.6. The second kappa shape index (κ2) is 9.37. The molecule has 0 amide bonds. The fourth-order valence-corrected chi connectivity index (χ4v) is 4.22. The van der Waals surface area contributed by atoms with Crippen LogP contribution in [0.4, 0.5) is 15.9 Å². The predicted molar refractivity (Wildman–Crippen MR) is 134 cm³/mol. The number of nitrogens with two attached hydrogens (primary N) is 1. The highest BCUT2D eigenvalue weighted by Gasteiger charge is 2.19. The topological polar surface area (TPSA) is 62.7 Å². The summed E-state index contributed by atoms with van der Waals surface area (Å²) in [6.07, 6.45) is 2.63. The molecule has 0 aliphatic heterocycles. The van der Waals surface area contributed by atoms with Gasteiger partial charge in [0.2, 0.25) is 0 Å². The Kier molecular flexibility index (Phi) is 6.54. The molecule has 0 bridgehead atoms. The van der Waals surface area contributed by atoms with E-state index in [2.05, 4.69) is 29.0 Å². The van der Waals surface area contributed by atoms with E-state index < -0.39 is 0 Å². The number of aromatic nitrogens is 3. The molecule has 2 aromatic heterocycles. The second-order valence-electron chi connectivity index (χ2n) is 8.50. The van der Waals surface area contributed by atoms with Crippen molar-refractivity contribution in [3.63, 3.8) is 0 Å². The molecule has 4 rings (SSSR count). The van der Waals surface area contributed by atoms with Gasteiger partial charge in [0.05, 0.1) is 11.9 Å². The van der Waals surface area contributed by atoms with Gasteiger partial charge in [-0.1, -0.05) is 23.7 Å². The number of rotatable bonds is 7. The van der Waals surface area contributed by atoms with Crippen LogP contribution in [0.5, 0.6) is 0 Å². The van der Waals surface area contributed by atoms with Crippen LogP contribution in [0.2, 0.25) is 5.02 Å². The molecular weight excluding hydrogens is 439 g/mol. The van der Waals surface area contributed by atoms with E-state index in [-0.39, 0.29) is 5.82 Å². The van der Waals surface area contributed by atoms with Crippen LogP contribution < -0.4 is 10.6 Å². The SMILES string of the molecule is Cc1nc2c(-c3cc(N(C)CCCN(C)C)ccc3F)cnn2c(N)c1-c1cccc(Cl)c1. The fraction of sp³-hybridized carbons (Fsp3) is 0.280. The van der Waals surface area contributed by atoms with Gasteiger partial charge in [-0.25, -0.2) is 9.37 Å².